The lowest BCUT2D eigenvalue weighted by Crippen LogP contribution is -2.54. The van der Waals surface area contributed by atoms with Crippen LogP contribution < -0.4 is 10.0 Å². The van der Waals surface area contributed by atoms with Gasteiger partial charge in [-0.1, -0.05) is 41.9 Å². The fourth-order valence-electron chi connectivity index (χ4n) is 4.79. The second-order valence-electron chi connectivity index (χ2n) is 9.38. The number of imide groups is 1. The van der Waals surface area contributed by atoms with E-state index in [1.165, 1.54) is 6.54 Å². The predicted molar refractivity (Wildman–Crippen MR) is 141 cm³/mol. The Kier molecular flexibility index (Phi) is 8.39. The third-order valence-corrected chi connectivity index (χ3v) is 7.45. The molecule has 0 saturated carbocycles. The molecule has 0 aromatic heterocycles. The molecule has 1 radical (unpaired) electrons. The molecule has 2 fully saturated rings. The highest BCUT2D eigenvalue weighted by Crippen LogP contribution is 2.33. The van der Waals surface area contributed by atoms with Crippen LogP contribution in [0.1, 0.15) is 42.7 Å². The number of para-hydroxylation sites is 1. The maximum Gasteiger partial charge on any atom is 0.325 e. The minimum atomic E-state index is -3.42. The maximum atomic E-state index is 13.6. The molecule has 0 bridgehead atoms. The number of urea groups is 1. The van der Waals surface area contributed by atoms with Crippen molar-refractivity contribution in [3.8, 4) is 0 Å². The topological polar surface area (TPSA) is 116 Å². The number of rotatable bonds is 7. The molecule has 9 nitrogen and oxygen atoms in total. The molecule has 2 aromatic carbocycles. The third kappa shape index (κ3) is 7.01. The molecule has 2 aliphatic heterocycles. The van der Waals surface area contributed by atoms with Gasteiger partial charge in [-0.05, 0) is 54.5 Å². The first kappa shape index (κ1) is 26.9. The number of piperidine rings is 1. The van der Waals surface area contributed by atoms with Gasteiger partial charge in [0.15, 0.2) is 0 Å². The van der Waals surface area contributed by atoms with Gasteiger partial charge in [0.1, 0.15) is 6.04 Å². The Morgan fingerprint density at radius 2 is 1.76 bits per heavy atom. The Bertz CT molecular complexity index is 1260. The zero-order chi connectivity index (χ0) is 26.6. The summed E-state index contributed by atoms with van der Waals surface area (Å²) in [7, 11) is -3.42. The Labute approximate surface area is 222 Å². The highest BCUT2D eigenvalue weighted by molar-refractivity contribution is 7.92. The molecule has 0 unspecified atom stereocenters. The molecule has 0 spiro atoms. The standard InChI is InChI=1S/C26H30ClN4O5S/c1-37(35,36)29-22-6-3-2-5-21(22)19-12-15-30(16-13-19)25(33)23(17-18-8-10-20(27)11-9-18)28-26(34)31-14-4-7-24(31)32/h2-3,5-6,8-11,14,19,23,29H,4,7,12-13,15-17H2,1H3,(H,28,34)/t23-/m1/s1. The first-order valence-corrected chi connectivity index (χ1v) is 14.4. The summed E-state index contributed by atoms with van der Waals surface area (Å²) in [6, 6.07) is 12.9. The summed E-state index contributed by atoms with van der Waals surface area (Å²) < 4.78 is 26.2. The van der Waals surface area contributed by atoms with E-state index in [2.05, 4.69) is 10.0 Å². The van der Waals surface area contributed by atoms with Crippen LogP contribution in [-0.2, 0) is 26.0 Å². The van der Waals surface area contributed by atoms with Gasteiger partial charge in [-0.3, -0.25) is 19.2 Å². The maximum absolute atomic E-state index is 13.6. The minimum Gasteiger partial charge on any atom is -0.341 e. The van der Waals surface area contributed by atoms with Crippen molar-refractivity contribution in [2.45, 2.75) is 44.1 Å². The van der Waals surface area contributed by atoms with Crippen molar-refractivity contribution < 1.29 is 22.8 Å². The van der Waals surface area contributed by atoms with Crippen molar-refractivity contribution in [2.24, 2.45) is 0 Å². The number of amides is 4. The van der Waals surface area contributed by atoms with Gasteiger partial charge >= 0.3 is 6.03 Å². The largest absolute Gasteiger partial charge is 0.341 e. The zero-order valence-corrected chi connectivity index (χ0v) is 22.1. The predicted octanol–water partition coefficient (Wildman–Crippen LogP) is 3.52. The van der Waals surface area contributed by atoms with Crippen molar-refractivity contribution in [1.82, 2.24) is 15.1 Å². The molecule has 4 amide bonds. The Morgan fingerprint density at radius 1 is 1.08 bits per heavy atom. The van der Waals surface area contributed by atoms with Gasteiger partial charge in [-0.25, -0.2) is 13.2 Å². The molecule has 37 heavy (non-hydrogen) atoms. The number of hydrogen-bond acceptors (Lipinski definition) is 5. The highest BCUT2D eigenvalue weighted by atomic mass is 35.5. The number of sulfonamides is 1. The smallest absolute Gasteiger partial charge is 0.325 e. The van der Waals surface area contributed by atoms with E-state index in [0.717, 1.165) is 22.3 Å². The quantitative estimate of drug-likeness (QED) is 0.552. The number of anilines is 1. The second-order valence-corrected chi connectivity index (χ2v) is 11.6. The number of halogens is 1. The molecule has 4 rings (SSSR count). The molecule has 2 N–H and O–H groups in total. The molecule has 2 aliphatic rings. The van der Waals surface area contributed by atoms with Crippen LogP contribution in [0.4, 0.5) is 10.5 Å². The van der Waals surface area contributed by atoms with Crippen LogP contribution >= 0.6 is 11.6 Å². The number of likely N-dealkylation sites (tertiary alicyclic amines) is 2. The number of nitrogens with one attached hydrogen (secondary N) is 2. The van der Waals surface area contributed by atoms with Gasteiger partial charge < -0.3 is 10.2 Å². The summed E-state index contributed by atoms with van der Waals surface area (Å²) >= 11 is 6.00. The van der Waals surface area contributed by atoms with Gasteiger partial charge in [0, 0.05) is 31.0 Å². The Balaban J connectivity index is 1.46. The monoisotopic (exact) mass is 545 g/mol. The van der Waals surface area contributed by atoms with Crippen LogP contribution in [0, 0.1) is 6.54 Å². The lowest BCUT2D eigenvalue weighted by Gasteiger charge is -2.35. The van der Waals surface area contributed by atoms with Gasteiger partial charge in [0.05, 0.1) is 18.5 Å². The SMILES string of the molecule is CS(=O)(=O)Nc1ccccc1C1CCN(C(=O)[C@@H](Cc2ccc(Cl)cc2)NC(=O)N2[CH]CCC2=O)CC1. The Morgan fingerprint density at radius 3 is 2.38 bits per heavy atom. The van der Waals surface area contributed by atoms with Crippen molar-refractivity contribution >= 4 is 45.2 Å². The first-order chi connectivity index (χ1) is 17.6. The number of nitrogens with zero attached hydrogens (tertiary/aromatic N) is 2. The molecule has 197 valence electrons. The third-order valence-electron chi connectivity index (χ3n) is 6.61. The summed E-state index contributed by atoms with van der Waals surface area (Å²) in [5, 5.41) is 3.33. The van der Waals surface area contributed by atoms with E-state index >= 15 is 0 Å². The molecule has 2 heterocycles. The van der Waals surface area contributed by atoms with E-state index in [9.17, 15) is 22.8 Å². The summed E-state index contributed by atoms with van der Waals surface area (Å²) in [5.41, 5.74) is 2.28. The van der Waals surface area contributed by atoms with E-state index in [-0.39, 0.29) is 30.6 Å². The number of hydrogen-bond donors (Lipinski definition) is 2. The van der Waals surface area contributed by atoms with E-state index in [4.69, 9.17) is 11.6 Å². The summed E-state index contributed by atoms with van der Waals surface area (Å²) in [4.78, 5) is 41.2. The van der Waals surface area contributed by atoms with Crippen molar-refractivity contribution in [3.05, 3.63) is 71.2 Å². The Hall–Kier alpha value is -3.11. The van der Waals surface area contributed by atoms with Gasteiger partial charge in [0.2, 0.25) is 21.8 Å². The van der Waals surface area contributed by atoms with E-state index in [1.54, 1.807) is 41.3 Å². The van der Waals surface area contributed by atoms with Gasteiger partial charge in [0.25, 0.3) is 0 Å². The molecule has 0 aliphatic carbocycles. The lowest BCUT2D eigenvalue weighted by atomic mass is 9.88. The van der Waals surface area contributed by atoms with Gasteiger partial charge in [-0.2, -0.15) is 0 Å². The summed E-state index contributed by atoms with van der Waals surface area (Å²) in [5.74, 6) is -0.441. The van der Waals surface area contributed by atoms with E-state index in [1.807, 2.05) is 12.1 Å². The summed E-state index contributed by atoms with van der Waals surface area (Å²) in [6.07, 6.45) is 3.43. The minimum absolute atomic E-state index is 0.0793. The van der Waals surface area contributed by atoms with E-state index < -0.39 is 22.1 Å². The zero-order valence-electron chi connectivity index (χ0n) is 20.5. The molecule has 2 aromatic rings. The van der Waals surface area contributed by atoms with Crippen LogP contribution in [0.3, 0.4) is 0 Å². The first-order valence-electron chi connectivity index (χ1n) is 12.2. The fourth-order valence-corrected chi connectivity index (χ4v) is 5.50. The lowest BCUT2D eigenvalue weighted by molar-refractivity contribution is -0.134. The van der Waals surface area contributed by atoms with Crippen molar-refractivity contribution in [1.29, 1.82) is 0 Å². The van der Waals surface area contributed by atoms with Crippen LogP contribution in [-0.4, -0.2) is 61.5 Å². The van der Waals surface area contributed by atoms with Crippen LogP contribution in [0.15, 0.2) is 48.5 Å². The fraction of sp³-hybridized carbons (Fsp3) is 0.385. The van der Waals surface area contributed by atoms with Crippen LogP contribution in [0.2, 0.25) is 5.02 Å². The number of carbonyl (C=O) groups excluding carboxylic acids is 3. The molecular weight excluding hydrogens is 516 g/mol. The average molecular weight is 546 g/mol. The van der Waals surface area contributed by atoms with Crippen molar-refractivity contribution in [3.63, 3.8) is 0 Å². The molecule has 11 heteroatoms. The molecule has 2 saturated heterocycles. The average Bonchev–Trinajstić information content (AvgIpc) is 3.30. The molecular formula is C26H30ClN4O5S. The normalized spacial score (nSPS) is 17.5. The number of benzene rings is 2. The van der Waals surface area contributed by atoms with Crippen molar-refractivity contribution in [2.75, 3.05) is 24.1 Å². The highest BCUT2D eigenvalue weighted by Gasteiger charge is 2.34. The second kappa shape index (κ2) is 11.5. The molecule has 1 atom stereocenters. The summed E-state index contributed by atoms with van der Waals surface area (Å²) in [6.45, 7) is 2.45. The van der Waals surface area contributed by atoms with E-state index in [0.29, 0.717) is 43.1 Å². The van der Waals surface area contributed by atoms with Crippen LogP contribution in [0.5, 0.6) is 0 Å². The van der Waals surface area contributed by atoms with Crippen LogP contribution in [0.25, 0.3) is 0 Å². The number of carbonyl (C=O) groups is 3. The van der Waals surface area contributed by atoms with Gasteiger partial charge in [-0.15, -0.1) is 0 Å².